The summed E-state index contributed by atoms with van der Waals surface area (Å²) in [4.78, 5) is 31.6. The SMILES string of the molecule is CC(C)(C)c1ccc(Oc2ccc3cc(C(=O)N(CC(=O)O)Cc4ccc(Cl)cc4)nc(CC4CCCC4)c3c2)cc1. The van der Waals surface area contributed by atoms with Gasteiger partial charge in [-0.15, -0.1) is 0 Å². The molecule has 0 unspecified atom stereocenters. The van der Waals surface area contributed by atoms with Crippen molar-refractivity contribution in [2.75, 3.05) is 6.54 Å². The minimum atomic E-state index is -1.08. The second-order valence-corrected chi connectivity index (χ2v) is 12.7. The Morgan fingerprint density at radius 3 is 2.26 bits per heavy atom. The first-order valence-corrected chi connectivity index (χ1v) is 14.9. The van der Waals surface area contributed by atoms with E-state index in [1.54, 1.807) is 30.3 Å². The highest BCUT2D eigenvalue weighted by molar-refractivity contribution is 6.30. The molecule has 0 atom stereocenters. The number of ether oxygens (including phenoxy) is 1. The second kappa shape index (κ2) is 12.5. The van der Waals surface area contributed by atoms with Gasteiger partial charge in [-0.2, -0.15) is 0 Å². The maximum atomic E-state index is 13.7. The van der Waals surface area contributed by atoms with Crippen LogP contribution in [0.2, 0.25) is 5.02 Å². The predicted octanol–water partition coefficient (Wildman–Crippen LogP) is 8.44. The van der Waals surface area contributed by atoms with E-state index < -0.39 is 18.4 Å². The van der Waals surface area contributed by atoms with Crippen molar-refractivity contribution in [2.24, 2.45) is 5.92 Å². The van der Waals surface area contributed by atoms with Crippen LogP contribution >= 0.6 is 11.6 Å². The first kappa shape index (κ1) is 29.6. The molecule has 5 rings (SSSR count). The number of rotatable bonds is 9. The number of carboxylic acids is 1. The number of carbonyl (C=O) groups excluding carboxylic acids is 1. The third kappa shape index (κ3) is 7.29. The molecule has 1 heterocycles. The lowest BCUT2D eigenvalue weighted by atomic mass is 9.87. The standard InChI is InChI=1S/C35H37ClN2O4/c1-35(2,3)26-11-16-28(17-12-26)42-29-15-10-25-19-32(37-31(30(25)20-29)18-23-6-4-5-7-23)34(41)38(22-33(39)40)21-24-8-13-27(36)14-9-24/h8-17,19-20,23H,4-7,18,21-22H2,1-3H3,(H,39,40). The Kier molecular flexibility index (Phi) is 8.83. The van der Waals surface area contributed by atoms with Crippen molar-refractivity contribution >= 4 is 34.2 Å². The smallest absolute Gasteiger partial charge is 0.323 e. The van der Waals surface area contributed by atoms with E-state index in [-0.39, 0.29) is 17.7 Å². The first-order valence-electron chi connectivity index (χ1n) is 14.5. The van der Waals surface area contributed by atoms with Gasteiger partial charge in [0.25, 0.3) is 5.91 Å². The van der Waals surface area contributed by atoms with Gasteiger partial charge in [0.2, 0.25) is 0 Å². The summed E-state index contributed by atoms with van der Waals surface area (Å²) >= 11 is 6.02. The highest BCUT2D eigenvalue weighted by Gasteiger charge is 2.24. The van der Waals surface area contributed by atoms with E-state index in [1.807, 2.05) is 30.3 Å². The molecule has 3 aromatic carbocycles. The van der Waals surface area contributed by atoms with Crippen molar-refractivity contribution in [1.29, 1.82) is 0 Å². The Morgan fingerprint density at radius 1 is 0.952 bits per heavy atom. The Bertz CT molecular complexity index is 1570. The largest absolute Gasteiger partial charge is 0.480 e. The fourth-order valence-corrected chi connectivity index (χ4v) is 5.73. The monoisotopic (exact) mass is 584 g/mol. The lowest BCUT2D eigenvalue weighted by Gasteiger charge is -2.22. The van der Waals surface area contributed by atoms with Crippen LogP contribution in [0.15, 0.2) is 72.8 Å². The van der Waals surface area contributed by atoms with Crippen molar-refractivity contribution in [2.45, 2.75) is 64.8 Å². The molecule has 1 N–H and O–H groups in total. The van der Waals surface area contributed by atoms with Crippen molar-refractivity contribution in [1.82, 2.24) is 9.88 Å². The zero-order chi connectivity index (χ0) is 29.9. The third-order valence-corrected chi connectivity index (χ3v) is 8.17. The van der Waals surface area contributed by atoms with Gasteiger partial charge in [0, 0.05) is 22.6 Å². The van der Waals surface area contributed by atoms with E-state index >= 15 is 0 Å². The lowest BCUT2D eigenvalue weighted by Crippen LogP contribution is -2.35. The minimum absolute atomic E-state index is 0.0618. The summed E-state index contributed by atoms with van der Waals surface area (Å²) in [6.45, 7) is 6.26. The van der Waals surface area contributed by atoms with Crippen molar-refractivity contribution in [3.63, 3.8) is 0 Å². The summed E-state index contributed by atoms with van der Waals surface area (Å²) in [5.41, 5.74) is 3.18. The fourth-order valence-electron chi connectivity index (χ4n) is 5.61. The third-order valence-electron chi connectivity index (χ3n) is 7.92. The molecule has 0 saturated heterocycles. The predicted molar refractivity (Wildman–Crippen MR) is 166 cm³/mol. The van der Waals surface area contributed by atoms with Crippen LogP contribution in [-0.2, 0) is 23.2 Å². The topological polar surface area (TPSA) is 79.7 Å². The fraction of sp³-hybridized carbons (Fsp3) is 0.343. The number of hydrogen-bond donors (Lipinski definition) is 1. The Hall–Kier alpha value is -3.90. The van der Waals surface area contributed by atoms with Gasteiger partial charge in [0.1, 0.15) is 23.7 Å². The molecule has 1 aliphatic carbocycles. The highest BCUT2D eigenvalue weighted by Crippen LogP contribution is 2.33. The number of nitrogens with zero attached hydrogens (tertiary/aromatic N) is 2. The maximum Gasteiger partial charge on any atom is 0.323 e. The average Bonchev–Trinajstić information content (AvgIpc) is 3.46. The van der Waals surface area contributed by atoms with Gasteiger partial charge in [0.15, 0.2) is 0 Å². The van der Waals surface area contributed by atoms with Gasteiger partial charge in [-0.1, -0.05) is 88.4 Å². The molecule has 1 amide bonds. The molecule has 1 aromatic heterocycles. The van der Waals surface area contributed by atoms with Gasteiger partial charge < -0.3 is 14.7 Å². The number of hydrogen-bond acceptors (Lipinski definition) is 4. The van der Waals surface area contributed by atoms with Gasteiger partial charge in [-0.3, -0.25) is 9.59 Å². The van der Waals surface area contributed by atoms with E-state index in [9.17, 15) is 14.7 Å². The first-order chi connectivity index (χ1) is 20.0. The number of aromatic nitrogens is 1. The van der Waals surface area contributed by atoms with Crippen LogP contribution in [0.1, 0.15) is 73.8 Å². The number of fused-ring (bicyclic) bond motifs is 1. The van der Waals surface area contributed by atoms with Crippen molar-refractivity contribution < 1.29 is 19.4 Å². The molecule has 218 valence electrons. The van der Waals surface area contributed by atoms with E-state index in [2.05, 4.69) is 32.9 Å². The van der Waals surface area contributed by atoms with Crippen molar-refractivity contribution in [3.8, 4) is 11.5 Å². The quantitative estimate of drug-likeness (QED) is 0.213. The zero-order valence-corrected chi connectivity index (χ0v) is 25.2. The van der Waals surface area contributed by atoms with E-state index in [4.69, 9.17) is 21.3 Å². The molecule has 0 spiro atoms. The Labute approximate surface area is 252 Å². The molecule has 1 fully saturated rings. The summed E-state index contributed by atoms with van der Waals surface area (Å²) in [6.07, 6.45) is 5.44. The maximum absolute atomic E-state index is 13.7. The summed E-state index contributed by atoms with van der Waals surface area (Å²) in [6, 6.07) is 22.8. The minimum Gasteiger partial charge on any atom is -0.480 e. The highest BCUT2D eigenvalue weighted by atomic mass is 35.5. The normalized spacial score (nSPS) is 13.8. The molecule has 42 heavy (non-hydrogen) atoms. The van der Waals surface area contributed by atoms with E-state index in [1.165, 1.54) is 23.3 Å². The number of halogens is 1. The molecule has 0 radical (unpaired) electrons. The summed E-state index contributed by atoms with van der Waals surface area (Å²) in [5, 5.41) is 12.0. The van der Waals surface area contributed by atoms with Crippen LogP contribution in [0.4, 0.5) is 0 Å². The summed E-state index contributed by atoms with van der Waals surface area (Å²) in [7, 11) is 0. The molecule has 1 saturated carbocycles. The average molecular weight is 585 g/mol. The van der Waals surface area contributed by atoms with Crippen LogP contribution in [-0.4, -0.2) is 33.4 Å². The van der Waals surface area contributed by atoms with Crippen LogP contribution in [0, 0.1) is 5.92 Å². The van der Waals surface area contributed by atoms with Crippen LogP contribution in [0.5, 0.6) is 11.5 Å². The molecule has 7 heteroatoms. The summed E-state index contributed by atoms with van der Waals surface area (Å²) in [5.74, 6) is 0.466. The molecule has 4 aromatic rings. The van der Waals surface area contributed by atoms with Gasteiger partial charge >= 0.3 is 5.97 Å². The van der Waals surface area contributed by atoms with E-state index in [0.717, 1.165) is 47.0 Å². The van der Waals surface area contributed by atoms with Gasteiger partial charge in [-0.05, 0) is 76.7 Å². The zero-order valence-electron chi connectivity index (χ0n) is 24.4. The molecule has 1 aliphatic rings. The molecule has 6 nitrogen and oxygen atoms in total. The molecular weight excluding hydrogens is 548 g/mol. The number of carbonyl (C=O) groups is 2. The van der Waals surface area contributed by atoms with Gasteiger partial charge in [-0.25, -0.2) is 4.98 Å². The van der Waals surface area contributed by atoms with Crippen molar-refractivity contribution in [3.05, 3.63) is 100 Å². The number of carboxylic acid groups (broad SMARTS) is 1. The Balaban J connectivity index is 1.47. The number of aliphatic carboxylic acids is 1. The molecule has 0 aliphatic heterocycles. The van der Waals surface area contributed by atoms with Gasteiger partial charge in [0.05, 0.1) is 0 Å². The van der Waals surface area contributed by atoms with E-state index in [0.29, 0.717) is 16.7 Å². The van der Waals surface area contributed by atoms with Crippen LogP contribution in [0.25, 0.3) is 10.8 Å². The van der Waals surface area contributed by atoms with Crippen LogP contribution < -0.4 is 4.74 Å². The number of amides is 1. The second-order valence-electron chi connectivity index (χ2n) is 12.2. The Morgan fingerprint density at radius 2 is 1.62 bits per heavy atom. The lowest BCUT2D eigenvalue weighted by molar-refractivity contribution is -0.137. The summed E-state index contributed by atoms with van der Waals surface area (Å²) < 4.78 is 6.24. The molecular formula is C35H37ClN2O4. The number of pyridine rings is 1. The van der Waals surface area contributed by atoms with Crippen LogP contribution in [0.3, 0.4) is 0 Å². The number of benzene rings is 3. The molecule has 0 bridgehead atoms.